The summed E-state index contributed by atoms with van der Waals surface area (Å²) in [4.78, 5) is 52.6. The van der Waals surface area contributed by atoms with Crippen molar-refractivity contribution in [2.75, 3.05) is 0 Å². The molecule has 5 rings (SSSR count). The summed E-state index contributed by atoms with van der Waals surface area (Å²) >= 11 is 0. The standard InChI is InChI=1S/C43H53N5O4/c1-3-5-7-9-11-13-15-17-27(18-16-14-12-10-8-6-4-2)47-42(51)34-25-21-30-28-19-23-32(40(44)49)38-33(41(45)50)24-20-29(36(28)38)31-22-26-35(43(52)48-46)39(34)37(30)31/h19-27,46H,3-18H2,1-2H3,(H2,44,49)(H2,45,50)(H,47,51). The first kappa shape index (κ1) is 38.3. The summed E-state index contributed by atoms with van der Waals surface area (Å²) < 4.78 is 0. The fourth-order valence-electron chi connectivity index (χ4n) is 7.97. The van der Waals surface area contributed by atoms with Crippen LogP contribution in [0.25, 0.3) is 43.1 Å². The van der Waals surface area contributed by atoms with E-state index in [-0.39, 0.29) is 28.6 Å². The molecule has 6 N–H and O–H groups in total. The Kier molecular flexibility index (Phi) is 13.3. The van der Waals surface area contributed by atoms with Gasteiger partial charge >= 0.3 is 0 Å². The molecule has 0 bridgehead atoms. The summed E-state index contributed by atoms with van der Waals surface area (Å²) in [5.41, 5.74) is 20.0. The molecule has 5 aromatic rings. The maximum absolute atomic E-state index is 14.3. The largest absolute Gasteiger partial charge is 0.366 e. The molecule has 0 aliphatic rings. The Morgan fingerprint density at radius 1 is 0.538 bits per heavy atom. The van der Waals surface area contributed by atoms with Crippen LogP contribution in [-0.2, 0) is 0 Å². The van der Waals surface area contributed by atoms with Crippen molar-refractivity contribution >= 4 is 66.7 Å². The monoisotopic (exact) mass is 703 g/mol. The zero-order valence-electron chi connectivity index (χ0n) is 30.7. The van der Waals surface area contributed by atoms with Crippen molar-refractivity contribution in [3.63, 3.8) is 0 Å². The number of fused-ring (bicyclic) bond motifs is 2. The second-order valence-corrected chi connectivity index (χ2v) is 14.3. The molecule has 0 saturated heterocycles. The van der Waals surface area contributed by atoms with Gasteiger partial charge in [0.15, 0.2) is 0 Å². The van der Waals surface area contributed by atoms with Crippen LogP contribution in [0.2, 0.25) is 0 Å². The molecule has 5 aromatic carbocycles. The van der Waals surface area contributed by atoms with E-state index in [1.165, 1.54) is 64.2 Å². The molecule has 52 heavy (non-hydrogen) atoms. The number of carbonyl (C=O) groups excluding carboxylic acids is 4. The lowest BCUT2D eigenvalue weighted by atomic mass is 9.84. The normalized spacial score (nSPS) is 11.7. The maximum atomic E-state index is 14.3. The first-order valence-electron chi connectivity index (χ1n) is 19.3. The fraction of sp³-hybridized carbons (Fsp3) is 0.442. The molecule has 9 heteroatoms. The molecule has 0 spiro atoms. The van der Waals surface area contributed by atoms with Gasteiger partial charge in [0.2, 0.25) is 11.8 Å². The van der Waals surface area contributed by atoms with Crippen molar-refractivity contribution in [3.05, 3.63) is 70.8 Å². The van der Waals surface area contributed by atoms with Crippen LogP contribution in [0.5, 0.6) is 0 Å². The Morgan fingerprint density at radius 3 is 1.31 bits per heavy atom. The lowest BCUT2D eigenvalue weighted by Gasteiger charge is -2.22. The zero-order chi connectivity index (χ0) is 37.2. The number of rotatable bonds is 21. The first-order chi connectivity index (χ1) is 25.2. The van der Waals surface area contributed by atoms with Crippen molar-refractivity contribution in [2.24, 2.45) is 16.6 Å². The number of benzene rings is 5. The molecule has 0 aliphatic carbocycles. The van der Waals surface area contributed by atoms with Gasteiger partial charge in [0.25, 0.3) is 11.8 Å². The summed E-state index contributed by atoms with van der Waals surface area (Å²) in [6.07, 6.45) is 18.5. The van der Waals surface area contributed by atoms with E-state index in [9.17, 15) is 19.2 Å². The van der Waals surface area contributed by atoms with Gasteiger partial charge in [-0.15, -0.1) is 5.11 Å². The summed E-state index contributed by atoms with van der Waals surface area (Å²) in [6, 6.07) is 13.7. The Balaban J connectivity index is 1.56. The highest BCUT2D eigenvalue weighted by molar-refractivity contribution is 6.38. The van der Waals surface area contributed by atoms with Gasteiger partial charge in [-0.05, 0) is 69.4 Å². The number of carbonyl (C=O) groups is 4. The zero-order valence-corrected chi connectivity index (χ0v) is 30.7. The van der Waals surface area contributed by atoms with E-state index in [0.29, 0.717) is 37.9 Å². The van der Waals surface area contributed by atoms with E-state index in [2.05, 4.69) is 24.3 Å². The van der Waals surface area contributed by atoms with E-state index < -0.39 is 17.7 Å². The highest BCUT2D eigenvalue weighted by Gasteiger charge is 2.26. The van der Waals surface area contributed by atoms with Crippen molar-refractivity contribution < 1.29 is 19.2 Å². The molecule has 0 unspecified atom stereocenters. The quantitative estimate of drug-likeness (QED) is 0.0258. The van der Waals surface area contributed by atoms with Gasteiger partial charge in [0.05, 0.1) is 5.56 Å². The Morgan fingerprint density at radius 2 is 0.904 bits per heavy atom. The molecule has 0 saturated carbocycles. The first-order valence-corrected chi connectivity index (χ1v) is 19.3. The minimum absolute atomic E-state index is 0.00136. The van der Waals surface area contributed by atoms with E-state index in [4.69, 9.17) is 17.0 Å². The highest BCUT2D eigenvalue weighted by Crippen LogP contribution is 2.44. The van der Waals surface area contributed by atoms with Crippen LogP contribution in [-0.4, -0.2) is 29.7 Å². The molecule has 9 nitrogen and oxygen atoms in total. The van der Waals surface area contributed by atoms with Gasteiger partial charge in [0.1, 0.15) is 0 Å². The summed E-state index contributed by atoms with van der Waals surface area (Å²) in [5, 5.41) is 11.6. The van der Waals surface area contributed by atoms with Gasteiger partial charge in [-0.2, -0.15) is 0 Å². The molecule has 0 heterocycles. The number of nitrogens with zero attached hydrogens (tertiary/aromatic N) is 1. The third-order valence-corrected chi connectivity index (χ3v) is 10.7. The molecule has 0 atom stereocenters. The maximum Gasteiger partial charge on any atom is 0.295 e. The van der Waals surface area contributed by atoms with Crippen molar-refractivity contribution in [2.45, 2.75) is 123 Å². The topological polar surface area (TPSA) is 169 Å². The van der Waals surface area contributed by atoms with E-state index in [0.717, 1.165) is 49.3 Å². The molecular formula is C43H53N5O4. The Bertz CT molecular complexity index is 2000. The van der Waals surface area contributed by atoms with Crippen LogP contribution in [0, 0.1) is 5.53 Å². The van der Waals surface area contributed by atoms with Gasteiger partial charge in [-0.25, -0.2) is 5.53 Å². The van der Waals surface area contributed by atoms with Gasteiger partial charge in [-0.3, -0.25) is 19.2 Å². The van der Waals surface area contributed by atoms with Crippen molar-refractivity contribution in [1.82, 2.24) is 5.32 Å². The number of unbranched alkanes of at least 4 members (excludes halogenated alkanes) is 12. The van der Waals surface area contributed by atoms with Gasteiger partial charge in [0, 0.05) is 33.5 Å². The number of hydrogen-bond donors (Lipinski definition) is 4. The van der Waals surface area contributed by atoms with Crippen LogP contribution < -0.4 is 16.8 Å². The number of primary amides is 2. The second-order valence-electron chi connectivity index (χ2n) is 14.3. The predicted octanol–water partition coefficient (Wildman–Crippen LogP) is 10.5. The number of hydrogen-bond acceptors (Lipinski definition) is 5. The molecule has 4 amide bonds. The number of nitrogens with two attached hydrogens (primary N) is 2. The lowest BCUT2D eigenvalue weighted by molar-refractivity contribution is 0.0931. The molecule has 0 radical (unpaired) electrons. The third kappa shape index (κ3) is 8.24. The number of nitrogens with one attached hydrogen (secondary N) is 2. The molecular weight excluding hydrogens is 651 g/mol. The Hall–Kier alpha value is -4.92. The second kappa shape index (κ2) is 18.0. The predicted molar refractivity (Wildman–Crippen MR) is 211 cm³/mol. The van der Waals surface area contributed by atoms with Crippen molar-refractivity contribution in [1.29, 1.82) is 5.53 Å². The van der Waals surface area contributed by atoms with Crippen LogP contribution in [0.4, 0.5) is 0 Å². The average molecular weight is 704 g/mol. The number of amides is 4. The highest BCUT2D eigenvalue weighted by atomic mass is 16.2. The molecule has 274 valence electrons. The summed E-state index contributed by atoms with van der Waals surface area (Å²) in [5.74, 6) is -2.38. The SMILES string of the molecule is CCCCCCCCCC(CCCCCCCCC)NC(=O)c1ccc2c3ccc(C(N)=O)c4c(C(N)=O)ccc(c5ccc(C(=O)N=N)c1c52)c43. The average Bonchev–Trinajstić information content (AvgIpc) is 3.14. The molecule has 0 aliphatic heterocycles. The van der Waals surface area contributed by atoms with E-state index >= 15 is 0 Å². The van der Waals surface area contributed by atoms with Crippen LogP contribution in [0.15, 0.2) is 53.6 Å². The van der Waals surface area contributed by atoms with Crippen molar-refractivity contribution in [3.8, 4) is 0 Å². The summed E-state index contributed by atoms with van der Waals surface area (Å²) in [7, 11) is 0. The molecule has 0 aromatic heterocycles. The van der Waals surface area contributed by atoms with E-state index in [1.54, 1.807) is 42.5 Å². The summed E-state index contributed by atoms with van der Waals surface area (Å²) in [6.45, 7) is 4.45. The van der Waals surface area contributed by atoms with Crippen LogP contribution in [0.1, 0.15) is 158 Å². The minimum atomic E-state index is -0.746. The van der Waals surface area contributed by atoms with Gasteiger partial charge in [-0.1, -0.05) is 128 Å². The Labute approximate surface area is 306 Å². The smallest absolute Gasteiger partial charge is 0.295 e. The van der Waals surface area contributed by atoms with Crippen LogP contribution in [0.3, 0.4) is 0 Å². The van der Waals surface area contributed by atoms with Crippen LogP contribution >= 0.6 is 0 Å². The van der Waals surface area contributed by atoms with E-state index in [1.807, 2.05) is 6.07 Å². The lowest BCUT2D eigenvalue weighted by Crippen LogP contribution is -2.35. The van der Waals surface area contributed by atoms with Gasteiger partial charge < -0.3 is 16.8 Å². The fourth-order valence-corrected chi connectivity index (χ4v) is 7.97. The third-order valence-electron chi connectivity index (χ3n) is 10.7. The molecule has 0 fully saturated rings. The minimum Gasteiger partial charge on any atom is -0.366 e.